The summed E-state index contributed by atoms with van der Waals surface area (Å²) in [6, 6.07) is 0. The minimum atomic E-state index is 0.788. The van der Waals surface area contributed by atoms with Gasteiger partial charge in [-0.25, -0.2) is 0 Å². The van der Waals surface area contributed by atoms with Gasteiger partial charge in [-0.3, -0.25) is 0 Å². The molecule has 0 saturated heterocycles. The van der Waals surface area contributed by atoms with Crippen molar-refractivity contribution >= 4 is 11.9 Å². The van der Waals surface area contributed by atoms with Crippen LogP contribution in [0.5, 0.6) is 0 Å². The quantitative estimate of drug-likeness (QED) is 0.315. The Bertz CT molecular complexity index is 73.7. The third-order valence-electron chi connectivity index (χ3n) is 1.13. The lowest BCUT2D eigenvalue weighted by Gasteiger charge is -1.96. The maximum absolute atomic E-state index is 4.16. The van der Waals surface area contributed by atoms with Crippen molar-refractivity contribution < 1.29 is 0 Å². The van der Waals surface area contributed by atoms with E-state index in [0.717, 1.165) is 6.54 Å². The van der Waals surface area contributed by atoms with Crippen molar-refractivity contribution in [1.29, 1.82) is 0 Å². The van der Waals surface area contributed by atoms with Crippen LogP contribution in [0.1, 0.15) is 26.2 Å². The van der Waals surface area contributed by atoms with Crippen molar-refractivity contribution in [1.82, 2.24) is 4.72 Å². The highest BCUT2D eigenvalue weighted by Gasteiger charge is 1.86. The summed E-state index contributed by atoms with van der Waals surface area (Å²) in [7, 11) is 0. The van der Waals surface area contributed by atoms with Gasteiger partial charge < -0.3 is 0 Å². The molecule has 0 spiro atoms. The lowest BCUT2D eigenvalue weighted by Crippen LogP contribution is -1.94. The van der Waals surface area contributed by atoms with E-state index in [4.69, 9.17) is 0 Å². The highest BCUT2D eigenvalue weighted by Crippen LogP contribution is 2.02. The first-order chi connectivity index (χ1) is 4.91. The van der Waals surface area contributed by atoms with E-state index < -0.39 is 0 Å². The first-order valence-electron chi connectivity index (χ1n) is 3.81. The lowest BCUT2D eigenvalue weighted by molar-refractivity contribution is 0.777. The monoisotopic (exact) mass is 158 g/mol. The number of unbranched alkanes of at least 4 members (excludes halogenated alkanes) is 2. The van der Waals surface area contributed by atoms with Gasteiger partial charge in [0.1, 0.15) is 0 Å². The molecule has 0 unspecified atom stereocenters. The van der Waals surface area contributed by atoms with Crippen LogP contribution >= 0.6 is 11.9 Å². The van der Waals surface area contributed by atoms with E-state index in [-0.39, 0.29) is 0 Å². The van der Waals surface area contributed by atoms with E-state index in [9.17, 15) is 0 Å². The summed E-state index contributed by atoms with van der Waals surface area (Å²) in [6.45, 7) is 6.59. The van der Waals surface area contributed by atoms with Crippen LogP contribution < -0.4 is 4.72 Å². The van der Waals surface area contributed by atoms with E-state index in [0.29, 0.717) is 0 Å². The molecule has 1 nitrogen and oxygen atoms in total. The summed E-state index contributed by atoms with van der Waals surface area (Å²) < 4.78 is 4.16. The van der Waals surface area contributed by atoms with Crippen LogP contribution in [0.4, 0.5) is 0 Å². The Morgan fingerprint density at radius 1 is 1.50 bits per heavy atom. The standard InChI is InChI=1S/C8H16NS/c1-3-5-6-8-10-9-7-4-2/h4H,2-3,5-8H2,1H3. The average molecular weight is 158 g/mol. The van der Waals surface area contributed by atoms with Gasteiger partial charge in [0.15, 0.2) is 0 Å². The highest BCUT2D eigenvalue weighted by atomic mass is 32.2. The molecule has 1 radical (unpaired) electrons. The Morgan fingerprint density at radius 3 is 2.90 bits per heavy atom. The SMILES string of the molecule is C=CC[N]SCCCCC. The molecule has 0 aliphatic rings. The molecule has 0 saturated carbocycles. The summed E-state index contributed by atoms with van der Waals surface area (Å²) in [5.74, 6) is 1.17. The molecule has 0 amide bonds. The molecule has 10 heavy (non-hydrogen) atoms. The largest absolute Gasteiger partial charge is 0.171 e. The minimum absolute atomic E-state index is 0.788. The van der Waals surface area contributed by atoms with E-state index in [1.54, 1.807) is 11.9 Å². The van der Waals surface area contributed by atoms with Gasteiger partial charge in [-0.2, -0.15) is 4.72 Å². The number of hydrogen-bond acceptors (Lipinski definition) is 1. The van der Waals surface area contributed by atoms with Crippen LogP contribution in [0, 0.1) is 0 Å². The lowest BCUT2D eigenvalue weighted by atomic mass is 10.3. The topological polar surface area (TPSA) is 14.1 Å². The second-order valence-electron chi connectivity index (χ2n) is 2.14. The van der Waals surface area contributed by atoms with Gasteiger partial charge in [-0.05, 0) is 6.42 Å². The molecule has 0 aliphatic heterocycles. The normalized spacial score (nSPS) is 9.70. The van der Waals surface area contributed by atoms with Crippen molar-refractivity contribution in [2.75, 3.05) is 12.3 Å². The summed E-state index contributed by atoms with van der Waals surface area (Å²) in [5, 5.41) is 0. The van der Waals surface area contributed by atoms with Gasteiger partial charge in [0.2, 0.25) is 0 Å². The van der Waals surface area contributed by atoms with Gasteiger partial charge in [0.25, 0.3) is 0 Å². The summed E-state index contributed by atoms with van der Waals surface area (Å²) in [4.78, 5) is 0. The Balaban J connectivity index is 2.70. The molecule has 0 aliphatic carbocycles. The van der Waals surface area contributed by atoms with Gasteiger partial charge in [0, 0.05) is 12.3 Å². The fourth-order valence-corrected chi connectivity index (χ4v) is 1.26. The first-order valence-corrected chi connectivity index (χ1v) is 4.75. The first kappa shape index (κ1) is 10.0. The fraction of sp³-hybridized carbons (Fsp3) is 0.750. The second-order valence-corrected chi connectivity index (χ2v) is 3.07. The van der Waals surface area contributed by atoms with Gasteiger partial charge in [0.05, 0.1) is 0 Å². The van der Waals surface area contributed by atoms with E-state index in [1.807, 2.05) is 6.08 Å². The molecule has 0 aromatic heterocycles. The molecule has 0 N–H and O–H groups in total. The maximum Gasteiger partial charge on any atom is 0.0434 e. The molecule has 0 fully saturated rings. The third-order valence-corrected chi connectivity index (χ3v) is 1.94. The van der Waals surface area contributed by atoms with Gasteiger partial charge in [-0.1, -0.05) is 37.8 Å². The third kappa shape index (κ3) is 8.05. The van der Waals surface area contributed by atoms with E-state index in [1.165, 1.54) is 25.0 Å². The molecular formula is C8H16NS. The number of rotatable bonds is 7. The Hall–Kier alpha value is 0.0500. The summed E-state index contributed by atoms with van der Waals surface area (Å²) >= 11 is 1.67. The van der Waals surface area contributed by atoms with Gasteiger partial charge >= 0.3 is 0 Å². The van der Waals surface area contributed by atoms with Crippen molar-refractivity contribution in [3.8, 4) is 0 Å². The molecular weight excluding hydrogens is 142 g/mol. The smallest absolute Gasteiger partial charge is 0.0434 e. The molecule has 0 bridgehead atoms. The van der Waals surface area contributed by atoms with E-state index in [2.05, 4.69) is 18.2 Å². The number of nitrogens with zero attached hydrogens (tertiary/aromatic N) is 1. The van der Waals surface area contributed by atoms with Crippen LogP contribution in [0.25, 0.3) is 0 Å². The fourth-order valence-electron chi connectivity index (χ4n) is 0.587. The van der Waals surface area contributed by atoms with Crippen molar-refractivity contribution in [2.24, 2.45) is 0 Å². The molecule has 0 rings (SSSR count). The van der Waals surface area contributed by atoms with Crippen LogP contribution in [-0.2, 0) is 0 Å². The second kappa shape index (κ2) is 9.05. The highest BCUT2D eigenvalue weighted by molar-refractivity contribution is 7.97. The molecule has 2 heteroatoms. The number of hydrogen-bond donors (Lipinski definition) is 0. The zero-order valence-corrected chi connectivity index (χ0v) is 7.49. The molecule has 0 aromatic carbocycles. The molecule has 0 atom stereocenters. The minimum Gasteiger partial charge on any atom is -0.171 e. The van der Waals surface area contributed by atoms with E-state index >= 15 is 0 Å². The van der Waals surface area contributed by atoms with Crippen LogP contribution in [0.3, 0.4) is 0 Å². The molecule has 0 heterocycles. The molecule has 59 valence electrons. The van der Waals surface area contributed by atoms with Gasteiger partial charge in [-0.15, -0.1) is 6.58 Å². The van der Waals surface area contributed by atoms with Crippen molar-refractivity contribution in [2.45, 2.75) is 26.2 Å². The summed E-state index contributed by atoms with van der Waals surface area (Å²) in [5.41, 5.74) is 0. The summed E-state index contributed by atoms with van der Waals surface area (Å²) in [6.07, 6.45) is 5.74. The maximum atomic E-state index is 4.16. The zero-order valence-electron chi connectivity index (χ0n) is 6.68. The van der Waals surface area contributed by atoms with Crippen LogP contribution in [0.2, 0.25) is 0 Å². The van der Waals surface area contributed by atoms with Crippen LogP contribution in [-0.4, -0.2) is 12.3 Å². The Kier molecular flexibility index (Phi) is 9.10. The predicted molar refractivity (Wildman–Crippen MR) is 49.2 cm³/mol. The van der Waals surface area contributed by atoms with Crippen molar-refractivity contribution in [3.63, 3.8) is 0 Å². The predicted octanol–water partition coefficient (Wildman–Crippen LogP) is 2.62. The average Bonchev–Trinajstić information content (AvgIpc) is 1.97. The zero-order chi connectivity index (χ0) is 7.66. The molecule has 0 aromatic rings. The Labute approximate surface area is 68.4 Å². The Morgan fingerprint density at radius 2 is 2.30 bits per heavy atom. The van der Waals surface area contributed by atoms with Crippen molar-refractivity contribution in [3.05, 3.63) is 12.7 Å². The van der Waals surface area contributed by atoms with Crippen LogP contribution in [0.15, 0.2) is 12.7 Å².